The molecule has 0 bridgehead atoms. The number of anilines is 1. The van der Waals surface area contributed by atoms with Gasteiger partial charge in [0.1, 0.15) is 11.7 Å². The van der Waals surface area contributed by atoms with E-state index in [1.807, 2.05) is 41.4 Å². The first kappa shape index (κ1) is 24.5. The van der Waals surface area contributed by atoms with Gasteiger partial charge in [0.05, 0.1) is 11.6 Å². The SMILES string of the molecule is CCC1CN(c2ncc(C3=NCCN3)cc2Cl)CCN1C1CCN(C(=O)c2ccc(Br)cc2)CC1. The van der Waals surface area contributed by atoms with Crippen molar-refractivity contribution in [3.63, 3.8) is 0 Å². The number of carbonyl (C=O) groups excluding carboxylic acids is 1. The molecule has 2 fully saturated rings. The maximum absolute atomic E-state index is 12.9. The summed E-state index contributed by atoms with van der Waals surface area (Å²) in [7, 11) is 0. The molecule has 4 heterocycles. The van der Waals surface area contributed by atoms with E-state index in [4.69, 9.17) is 16.6 Å². The van der Waals surface area contributed by atoms with Crippen LogP contribution in [0.1, 0.15) is 42.1 Å². The monoisotopic (exact) mass is 558 g/mol. The van der Waals surface area contributed by atoms with E-state index in [-0.39, 0.29) is 5.91 Å². The number of piperazine rings is 1. The van der Waals surface area contributed by atoms with Crippen molar-refractivity contribution in [3.05, 3.63) is 57.2 Å². The predicted octanol–water partition coefficient (Wildman–Crippen LogP) is 4.05. The van der Waals surface area contributed by atoms with Gasteiger partial charge in [-0.3, -0.25) is 14.7 Å². The topological polar surface area (TPSA) is 64.1 Å². The van der Waals surface area contributed by atoms with Crippen LogP contribution < -0.4 is 10.2 Å². The van der Waals surface area contributed by atoms with Gasteiger partial charge < -0.3 is 15.1 Å². The quantitative estimate of drug-likeness (QED) is 0.599. The van der Waals surface area contributed by atoms with Gasteiger partial charge in [-0.2, -0.15) is 0 Å². The smallest absolute Gasteiger partial charge is 0.253 e. The summed E-state index contributed by atoms with van der Waals surface area (Å²) in [5, 5.41) is 3.97. The van der Waals surface area contributed by atoms with E-state index in [1.54, 1.807) is 0 Å². The van der Waals surface area contributed by atoms with Gasteiger partial charge in [0.25, 0.3) is 5.91 Å². The van der Waals surface area contributed by atoms with E-state index >= 15 is 0 Å². The summed E-state index contributed by atoms with van der Waals surface area (Å²) in [6.45, 7) is 8.34. The minimum atomic E-state index is 0.135. The highest BCUT2D eigenvalue weighted by molar-refractivity contribution is 9.10. The number of hydrogen-bond donors (Lipinski definition) is 1. The predicted molar refractivity (Wildman–Crippen MR) is 145 cm³/mol. The Bertz CT molecular complexity index is 1090. The lowest BCUT2D eigenvalue weighted by Gasteiger charge is -2.47. The summed E-state index contributed by atoms with van der Waals surface area (Å²) in [6.07, 6.45) is 4.98. The van der Waals surface area contributed by atoms with Crippen LogP contribution in [0.3, 0.4) is 0 Å². The first-order valence-corrected chi connectivity index (χ1v) is 13.7. The number of rotatable bonds is 5. The Morgan fingerprint density at radius 2 is 1.94 bits per heavy atom. The Hall–Kier alpha value is -2.16. The van der Waals surface area contributed by atoms with Crippen molar-refractivity contribution in [2.75, 3.05) is 50.7 Å². The zero-order valence-electron chi connectivity index (χ0n) is 20.1. The summed E-state index contributed by atoms with van der Waals surface area (Å²) >= 11 is 10.1. The molecule has 1 atom stereocenters. The van der Waals surface area contributed by atoms with Crippen LogP contribution in [0.2, 0.25) is 5.02 Å². The third kappa shape index (κ3) is 5.34. The number of benzene rings is 1. The molecule has 3 aliphatic heterocycles. The Balaban J connectivity index is 1.19. The first-order valence-electron chi connectivity index (χ1n) is 12.5. The van der Waals surface area contributed by atoms with Crippen LogP contribution in [0.25, 0.3) is 0 Å². The molecule has 2 aromatic rings. The van der Waals surface area contributed by atoms with E-state index in [1.165, 1.54) is 0 Å². The number of halogens is 2. The summed E-state index contributed by atoms with van der Waals surface area (Å²) in [4.78, 5) is 29.1. The number of aromatic nitrogens is 1. The van der Waals surface area contributed by atoms with Crippen LogP contribution in [0.4, 0.5) is 5.82 Å². The van der Waals surface area contributed by atoms with Crippen molar-refractivity contribution in [1.82, 2.24) is 20.1 Å². The molecule has 1 amide bonds. The minimum Gasteiger partial charge on any atom is -0.368 e. The summed E-state index contributed by atoms with van der Waals surface area (Å²) in [5.74, 6) is 1.88. The van der Waals surface area contributed by atoms with Crippen LogP contribution in [-0.4, -0.2) is 84.4 Å². The van der Waals surface area contributed by atoms with Gasteiger partial charge in [0.15, 0.2) is 0 Å². The summed E-state index contributed by atoms with van der Waals surface area (Å²) in [6, 6.07) is 10.6. The molecule has 1 unspecified atom stereocenters. The fraction of sp³-hybridized carbons (Fsp3) is 0.500. The number of amides is 1. The Kier molecular flexibility index (Phi) is 7.60. The first-order chi connectivity index (χ1) is 17.0. The van der Waals surface area contributed by atoms with Crippen molar-refractivity contribution in [3.8, 4) is 0 Å². The number of hydrogen-bond acceptors (Lipinski definition) is 6. The molecule has 186 valence electrons. The average Bonchev–Trinajstić information content (AvgIpc) is 3.44. The molecule has 0 saturated carbocycles. The van der Waals surface area contributed by atoms with Gasteiger partial charge in [0.2, 0.25) is 0 Å². The molecule has 2 saturated heterocycles. The van der Waals surface area contributed by atoms with Gasteiger partial charge in [0, 0.05) is 73.1 Å². The zero-order valence-corrected chi connectivity index (χ0v) is 22.4. The summed E-state index contributed by atoms with van der Waals surface area (Å²) in [5.41, 5.74) is 1.71. The van der Waals surface area contributed by atoms with Crippen LogP contribution in [0.15, 0.2) is 46.0 Å². The second-order valence-corrected chi connectivity index (χ2v) is 10.8. The number of pyridine rings is 1. The molecule has 1 aromatic heterocycles. The average molecular weight is 560 g/mol. The lowest BCUT2D eigenvalue weighted by molar-refractivity contribution is 0.0491. The molecule has 3 aliphatic rings. The second kappa shape index (κ2) is 10.8. The number of carbonyl (C=O) groups is 1. The Morgan fingerprint density at radius 3 is 2.60 bits per heavy atom. The van der Waals surface area contributed by atoms with Gasteiger partial charge >= 0.3 is 0 Å². The van der Waals surface area contributed by atoms with Crippen LogP contribution >= 0.6 is 27.5 Å². The lowest BCUT2D eigenvalue weighted by atomic mass is 9.97. The van der Waals surface area contributed by atoms with Gasteiger partial charge in [-0.1, -0.05) is 34.5 Å². The van der Waals surface area contributed by atoms with Gasteiger partial charge in [-0.05, 0) is 49.6 Å². The fourth-order valence-corrected chi connectivity index (χ4v) is 6.02. The second-order valence-electron chi connectivity index (χ2n) is 9.46. The molecule has 7 nitrogen and oxygen atoms in total. The molecule has 0 aliphatic carbocycles. The number of aliphatic imine (C=N–C) groups is 1. The Labute approximate surface area is 220 Å². The van der Waals surface area contributed by atoms with Crippen molar-refractivity contribution in [2.24, 2.45) is 4.99 Å². The highest BCUT2D eigenvalue weighted by Crippen LogP contribution is 2.30. The van der Waals surface area contributed by atoms with E-state index in [2.05, 4.69) is 43.0 Å². The lowest BCUT2D eigenvalue weighted by Crippen LogP contribution is -2.58. The highest BCUT2D eigenvalue weighted by atomic mass is 79.9. The van der Waals surface area contributed by atoms with E-state index in [0.717, 1.165) is 92.3 Å². The van der Waals surface area contributed by atoms with Crippen molar-refractivity contribution < 1.29 is 4.79 Å². The number of likely N-dealkylation sites (tertiary alicyclic amines) is 1. The van der Waals surface area contributed by atoms with Crippen LogP contribution in [0, 0.1) is 0 Å². The van der Waals surface area contributed by atoms with Gasteiger partial charge in [-0.25, -0.2) is 4.98 Å². The van der Waals surface area contributed by atoms with E-state index in [9.17, 15) is 4.79 Å². The molecule has 1 aromatic carbocycles. The third-order valence-electron chi connectivity index (χ3n) is 7.38. The molecule has 5 rings (SSSR count). The highest BCUT2D eigenvalue weighted by Gasteiger charge is 2.35. The molecule has 35 heavy (non-hydrogen) atoms. The summed E-state index contributed by atoms with van der Waals surface area (Å²) < 4.78 is 0.991. The minimum absolute atomic E-state index is 0.135. The fourth-order valence-electron chi connectivity index (χ4n) is 5.47. The molecular weight excluding hydrogens is 528 g/mol. The zero-order chi connectivity index (χ0) is 24.4. The maximum Gasteiger partial charge on any atom is 0.253 e. The number of piperidine rings is 1. The molecule has 9 heteroatoms. The largest absolute Gasteiger partial charge is 0.368 e. The third-order valence-corrected chi connectivity index (χ3v) is 8.19. The van der Waals surface area contributed by atoms with Crippen molar-refractivity contribution >= 4 is 45.1 Å². The van der Waals surface area contributed by atoms with E-state index < -0.39 is 0 Å². The molecule has 0 spiro atoms. The van der Waals surface area contributed by atoms with Crippen molar-refractivity contribution in [2.45, 2.75) is 38.3 Å². The standard InChI is InChI=1S/C26H32BrClN6O/c1-2-21-17-33(25-23(28)15-19(16-31-25)24-29-9-10-30-24)13-14-34(21)22-7-11-32(12-8-22)26(35)18-3-5-20(27)6-4-18/h3-6,15-16,21-22H,2,7-14,17H2,1H3,(H,29,30). The van der Waals surface area contributed by atoms with Gasteiger partial charge in [-0.15, -0.1) is 0 Å². The number of amidine groups is 1. The Morgan fingerprint density at radius 1 is 1.17 bits per heavy atom. The van der Waals surface area contributed by atoms with E-state index in [0.29, 0.717) is 17.1 Å². The number of nitrogens with zero attached hydrogens (tertiary/aromatic N) is 5. The van der Waals surface area contributed by atoms with Crippen LogP contribution in [-0.2, 0) is 0 Å². The number of nitrogens with one attached hydrogen (secondary N) is 1. The molecule has 1 N–H and O–H groups in total. The van der Waals surface area contributed by atoms with Crippen molar-refractivity contribution in [1.29, 1.82) is 0 Å². The molecular formula is C26H32BrClN6O. The maximum atomic E-state index is 12.9. The molecule has 0 radical (unpaired) electrons. The normalized spacial score (nSPS) is 21.7. The van der Waals surface area contributed by atoms with Crippen LogP contribution in [0.5, 0.6) is 0 Å².